The first-order valence-electron chi connectivity index (χ1n) is 8.26. The van der Waals surface area contributed by atoms with Crippen LogP contribution in [0.3, 0.4) is 0 Å². The molecular weight excluding hydrogens is 398 g/mol. The second kappa shape index (κ2) is 10.2. The van der Waals surface area contributed by atoms with Crippen molar-refractivity contribution in [2.24, 2.45) is 0 Å². The van der Waals surface area contributed by atoms with Crippen molar-refractivity contribution in [2.45, 2.75) is 32.6 Å². The summed E-state index contributed by atoms with van der Waals surface area (Å²) in [5.41, 5.74) is 8.46. The van der Waals surface area contributed by atoms with Crippen LogP contribution in [0.4, 0.5) is 5.69 Å². The highest BCUT2D eigenvalue weighted by Gasteiger charge is 2.04. The van der Waals surface area contributed by atoms with Crippen molar-refractivity contribution in [1.82, 2.24) is 10.9 Å². The van der Waals surface area contributed by atoms with E-state index in [0.29, 0.717) is 5.11 Å². The number of hydrogen-bond donors (Lipinski definition) is 3. The third-order valence-corrected chi connectivity index (χ3v) is 4.36. The molecule has 0 atom stereocenters. The fourth-order valence-corrected chi connectivity index (χ4v) is 2.69. The van der Waals surface area contributed by atoms with Gasteiger partial charge in [0.05, 0.1) is 6.42 Å². The van der Waals surface area contributed by atoms with Crippen molar-refractivity contribution >= 4 is 44.9 Å². The first-order valence-corrected chi connectivity index (χ1v) is 9.46. The minimum Gasteiger partial charge on any atom is -0.331 e. The number of thiocarbonyl (C=S) groups is 1. The quantitative estimate of drug-likeness (QED) is 0.481. The smallest absolute Gasteiger partial charge is 0.242 e. The average Bonchev–Trinajstić information content (AvgIpc) is 2.61. The summed E-state index contributed by atoms with van der Waals surface area (Å²) in [6.45, 7) is 2.19. The van der Waals surface area contributed by atoms with E-state index < -0.39 is 0 Å². The first kappa shape index (κ1) is 19.4. The van der Waals surface area contributed by atoms with Gasteiger partial charge in [0, 0.05) is 10.2 Å². The second-order valence-corrected chi connectivity index (χ2v) is 7.05. The molecule has 6 heteroatoms. The highest BCUT2D eigenvalue weighted by Crippen LogP contribution is 2.12. The Kier molecular flexibility index (Phi) is 7.88. The summed E-state index contributed by atoms with van der Waals surface area (Å²) in [6.07, 6.45) is 3.76. The van der Waals surface area contributed by atoms with E-state index in [1.54, 1.807) is 0 Å². The number of carbonyl (C=O) groups is 1. The van der Waals surface area contributed by atoms with E-state index in [2.05, 4.69) is 51.2 Å². The van der Waals surface area contributed by atoms with Crippen LogP contribution in [0.25, 0.3) is 0 Å². The summed E-state index contributed by atoms with van der Waals surface area (Å²) in [5.74, 6) is -0.151. The Morgan fingerprint density at radius 3 is 2.28 bits per heavy atom. The van der Waals surface area contributed by atoms with Crippen LogP contribution >= 0.6 is 28.1 Å². The van der Waals surface area contributed by atoms with Crippen molar-refractivity contribution in [3.05, 3.63) is 64.1 Å². The van der Waals surface area contributed by atoms with E-state index in [-0.39, 0.29) is 12.3 Å². The third-order valence-electron chi connectivity index (χ3n) is 3.62. The number of benzene rings is 2. The summed E-state index contributed by atoms with van der Waals surface area (Å²) in [7, 11) is 0. The van der Waals surface area contributed by atoms with Crippen LogP contribution in [0, 0.1) is 0 Å². The lowest BCUT2D eigenvalue weighted by Crippen LogP contribution is -2.44. The monoisotopic (exact) mass is 419 g/mol. The zero-order valence-corrected chi connectivity index (χ0v) is 16.5. The SMILES string of the molecule is CCCCc1ccc(NC(=S)NNC(=O)Cc2ccc(Br)cc2)cc1. The largest absolute Gasteiger partial charge is 0.331 e. The molecule has 3 N–H and O–H groups in total. The number of nitrogens with one attached hydrogen (secondary N) is 3. The van der Waals surface area contributed by atoms with Crippen molar-refractivity contribution < 1.29 is 4.79 Å². The summed E-state index contributed by atoms with van der Waals surface area (Å²) in [6, 6.07) is 15.8. The molecule has 0 fully saturated rings. The molecule has 0 aliphatic rings. The molecular formula is C19H22BrN3OS. The molecule has 2 aromatic rings. The number of anilines is 1. The van der Waals surface area contributed by atoms with Gasteiger partial charge >= 0.3 is 0 Å². The predicted molar refractivity (Wildman–Crippen MR) is 110 cm³/mol. The average molecular weight is 420 g/mol. The Morgan fingerprint density at radius 2 is 1.64 bits per heavy atom. The Hall–Kier alpha value is -1.92. The van der Waals surface area contributed by atoms with Gasteiger partial charge < -0.3 is 5.32 Å². The van der Waals surface area contributed by atoms with Gasteiger partial charge in [0.25, 0.3) is 0 Å². The predicted octanol–water partition coefficient (Wildman–Crippen LogP) is 4.35. The number of amides is 1. The molecule has 0 aromatic heterocycles. The standard InChI is InChI=1S/C19H22BrN3OS/c1-2-3-4-14-7-11-17(12-8-14)21-19(25)23-22-18(24)13-15-5-9-16(20)10-6-15/h5-12H,2-4,13H2,1H3,(H,22,24)(H2,21,23,25). The van der Waals surface area contributed by atoms with Gasteiger partial charge in [-0.15, -0.1) is 0 Å². The molecule has 0 spiro atoms. The van der Waals surface area contributed by atoms with Gasteiger partial charge in [-0.25, -0.2) is 0 Å². The van der Waals surface area contributed by atoms with Gasteiger partial charge in [0.15, 0.2) is 5.11 Å². The Morgan fingerprint density at radius 1 is 1.00 bits per heavy atom. The van der Waals surface area contributed by atoms with Crippen molar-refractivity contribution in [3.63, 3.8) is 0 Å². The Bertz CT molecular complexity index is 702. The van der Waals surface area contributed by atoms with E-state index >= 15 is 0 Å². The fraction of sp³-hybridized carbons (Fsp3) is 0.263. The molecule has 2 rings (SSSR count). The van der Waals surface area contributed by atoms with E-state index in [1.807, 2.05) is 36.4 Å². The Labute approximate surface area is 162 Å². The van der Waals surface area contributed by atoms with Crippen molar-refractivity contribution in [3.8, 4) is 0 Å². The maximum Gasteiger partial charge on any atom is 0.242 e. The van der Waals surface area contributed by atoms with E-state index in [9.17, 15) is 4.79 Å². The lowest BCUT2D eigenvalue weighted by molar-refractivity contribution is -0.120. The zero-order valence-electron chi connectivity index (χ0n) is 14.1. The first-order chi connectivity index (χ1) is 12.1. The van der Waals surface area contributed by atoms with Crippen LogP contribution in [0.15, 0.2) is 53.0 Å². The normalized spacial score (nSPS) is 10.2. The maximum absolute atomic E-state index is 11.9. The summed E-state index contributed by atoms with van der Waals surface area (Å²) in [5, 5.41) is 3.40. The molecule has 1 amide bonds. The van der Waals surface area contributed by atoms with Crippen LogP contribution in [-0.2, 0) is 17.6 Å². The maximum atomic E-state index is 11.9. The minimum absolute atomic E-state index is 0.151. The fourth-order valence-electron chi connectivity index (χ4n) is 2.26. The zero-order chi connectivity index (χ0) is 18.1. The second-order valence-electron chi connectivity index (χ2n) is 5.73. The molecule has 4 nitrogen and oxygen atoms in total. The van der Waals surface area contributed by atoms with Crippen molar-refractivity contribution in [1.29, 1.82) is 0 Å². The van der Waals surface area contributed by atoms with Crippen LogP contribution in [0.1, 0.15) is 30.9 Å². The van der Waals surface area contributed by atoms with Crippen LogP contribution in [-0.4, -0.2) is 11.0 Å². The molecule has 0 aliphatic heterocycles. The Balaban J connectivity index is 1.74. The molecule has 25 heavy (non-hydrogen) atoms. The van der Waals surface area contributed by atoms with Gasteiger partial charge in [0.1, 0.15) is 0 Å². The summed E-state index contributed by atoms with van der Waals surface area (Å²) in [4.78, 5) is 11.9. The van der Waals surface area contributed by atoms with Gasteiger partial charge in [-0.05, 0) is 60.5 Å². The molecule has 0 saturated heterocycles. The van der Waals surface area contributed by atoms with E-state index in [4.69, 9.17) is 12.2 Å². The number of halogens is 1. The highest BCUT2D eigenvalue weighted by molar-refractivity contribution is 9.10. The van der Waals surface area contributed by atoms with E-state index in [0.717, 1.165) is 22.1 Å². The summed E-state index contributed by atoms with van der Waals surface area (Å²) < 4.78 is 0.987. The van der Waals surface area contributed by atoms with Crippen molar-refractivity contribution in [2.75, 3.05) is 5.32 Å². The van der Waals surface area contributed by atoms with Gasteiger partial charge in [-0.2, -0.15) is 0 Å². The van der Waals surface area contributed by atoms with Crippen LogP contribution in [0.2, 0.25) is 0 Å². The van der Waals surface area contributed by atoms with Gasteiger partial charge in [-0.3, -0.25) is 15.6 Å². The number of aryl methyl sites for hydroxylation is 1. The number of carbonyl (C=O) groups excluding carboxylic acids is 1. The lowest BCUT2D eigenvalue weighted by Gasteiger charge is -2.12. The topological polar surface area (TPSA) is 53.2 Å². The molecule has 0 saturated carbocycles. The number of hydrazine groups is 1. The number of rotatable bonds is 6. The molecule has 0 bridgehead atoms. The van der Waals surface area contributed by atoms with Crippen LogP contribution in [0.5, 0.6) is 0 Å². The third kappa shape index (κ3) is 7.23. The van der Waals surface area contributed by atoms with Gasteiger partial charge in [-0.1, -0.05) is 53.5 Å². The van der Waals surface area contributed by atoms with E-state index in [1.165, 1.54) is 18.4 Å². The molecule has 2 aromatic carbocycles. The molecule has 0 unspecified atom stereocenters. The number of unbranched alkanes of at least 4 members (excludes halogenated alkanes) is 1. The van der Waals surface area contributed by atoms with Crippen LogP contribution < -0.4 is 16.2 Å². The number of hydrogen-bond acceptors (Lipinski definition) is 2. The minimum atomic E-state index is -0.151. The van der Waals surface area contributed by atoms with Gasteiger partial charge in [0.2, 0.25) is 5.91 Å². The lowest BCUT2D eigenvalue weighted by atomic mass is 10.1. The highest BCUT2D eigenvalue weighted by atomic mass is 79.9. The molecule has 0 radical (unpaired) electrons. The molecule has 132 valence electrons. The molecule has 0 aliphatic carbocycles. The summed E-state index contributed by atoms with van der Waals surface area (Å²) >= 11 is 8.57. The molecule has 0 heterocycles.